The maximum absolute atomic E-state index is 13.6. The Morgan fingerprint density at radius 3 is 2.32 bits per heavy atom. The molecule has 0 aliphatic rings. The van der Waals surface area contributed by atoms with Gasteiger partial charge in [0.05, 0.1) is 0 Å². The van der Waals surface area contributed by atoms with E-state index in [4.69, 9.17) is 5.73 Å². The zero-order valence-corrected chi connectivity index (χ0v) is 12.4. The Hall–Kier alpha value is -1.01. The molecular weight excluding hydrogens is 318 g/mol. The lowest BCUT2D eigenvalue weighted by atomic mass is 10.0. The number of carbonyl (C=O) groups is 1. The molecule has 1 atom stereocenters. The summed E-state index contributed by atoms with van der Waals surface area (Å²) in [6.45, 7) is 4.19. The van der Waals surface area contributed by atoms with Gasteiger partial charge in [-0.2, -0.15) is 0 Å². The second-order valence-corrected chi connectivity index (χ2v) is 5.70. The zero-order chi connectivity index (χ0) is 14.6. The number of rotatable bonds is 5. The topological polar surface area (TPSA) is 55.1 Å². The van der Waals surface area contributed by atoms with Gasteiger partial charge in [-0.3, -0.25) is 4.79 Å². The van der Waals surface area contributed by atoms with Crippen molar-refractivity contribution in [1.29, 1.82) is 0 Å². The van der Waals surface area contributed by atoms with E-state index in [-0.39, 0.29) is 17.1 Å². The molecule has 1 unspecified atom stereocenters. The summed E-state index contributed by atoms with van der Waals surface area (Å²) < 4.78 is 27.5. The Kier molecular flexibility index (Phi) is 5.87. The summed E-state index contributed by atoms with van der Waals surface area (Å²) in [5.41, 5.74) is 4.96. The van der Waals surface area contributed by atoms with Crippen LogP contribution < -0.4 is 11.1 Å². The molecule has 0 saturated carbocycles. The van der Waals surface area contributed by atoms with Crippen molar-refractivity contribution in [3.05, 3.63) is 33.8 Å². The van der Waals surface area contributed by atoms with Gasteiger partial charge >= 0.3 is 0 Å². The highest BCUT2D eigenvalue weighted by atomic mass is 79.9. The molecule has 0 saturated heterocycles. The molecule has 0 heterocycles. The SMILES string of the molecule is CC(C)CC(CN)NC(=O)c1c(F)cc(Br)cc1F. The number of nitrogens with one attached hydrogen (secondary N) is 1. The highest BCUT2D eigenvalue weighted by Gasteiger charge is 2.21. The first kappa shape index (κ1) is 16.0. The fourth-order valence-corrected chi connectivity index (χ4v) is 2.20. The van der Waals surface area contributed by atoms with Crippen molar-refractivity contribution in [3.63, 3.8) is 0 Å². The van der Waals surface area contributed by atoms with Crippen molar-refractivity contribution in [2.24, 2.45) is 11.7 Å². The zero-order valence-electron chi connectivity index (χ0n) is 10.8. The molecule has 106 valence electrons. The predicted octanol–water partition coefficient (Wildman–Crippen LogP) is 2.83. The Morgan fingerprint density at radius 1 is 1.37 bits per heavy atom. The molecule has 3 nitrogen and oxygen atoms in total. The monoisotopic (exact) mass is 334 g/mol. The fourth-order valence-electron chi connectivity index (χ4n) is 1.80. The summed E-state index contributed by atoms with van der Waals surface area (Å²) >= 11 is 2.96. The third-order valence-electron chi connectivity index (χ3n) is 2.61. The summed E-state index contributed by atoms with van der Waals surface area (Å²) in [6, 6.07) is 1.81. The Labute approximate surface area is 119 Å². The van der Waals surface area contributed by atoms with E-state index < -0.39 is 23.1 Å². The molecule has 0 spiro atoms. The maximum atomic E-state index is 13.6. The van der Waals surface area contributed by atoms with Gasteiger partial charge in [0.2, 0.25) is 0 Å². The molecule has 1 aromatic rings. The lowest BCUT2D eigenvalue weighted by Crippen LogP contribution is -2.41. The van der Waals surface area contributed by atoms with Gasteiger partial charge in [0.25, 0.3) is 5.91 Å². The summed E-state index contributed by atoms with van der Waals surface area (Å²) in [4.78, 5) is 11.9. The molecule has 1 rings (SSSR count). The molecule has 19 heavy (non-hydrogen) atoms. The molecule has 0 fully saturated rings. The number of amides is 1. The van der Waals surface area contributed by atoms with E-state index in [1.807, 2.05) is 13.8 Å². The van der Waals surface area contributed by atoms with Gasteiger partial charge in [-0.05, 0) is 24.5 Å². The number of halogens is 3. The summed E-state index contributed by atoms with van der Waals surface area (Å²) in [5, 5.41) is 2.56. The van der Waals surface area contributed by atoms with Gasteiger partial charge in [0, 0.05) is 17.1 Å². The minimum absolute atomic E-state index is 0.226. The Bertz CT molecular complexity index is 443. The standard InChI is InChI=1S/C13H17BrF2N2O/c1-7(2)3-9(6-17)18-13(19)12-10(15)4-8(14)5-11(12)16/h4-5,7,9H,3,6,17H2,1-2H3,(H,18,19). The van der Waals surface area contributed by atoms with E-state index in [1.165, 1.54) is 0 Å². The lowest BCUT2D eigenvalue weighted by Gasteiger charge is -2.19. The summed E-state index contributed by atoms with van der Waals surface area (Å²) in [6.07, 6.45) is 0.655. The average molecular weight is 335 g/mol. The molecule has 6 heteroatoms. The third-order valence-corrected chi connectivity index (χ3v) is 3.07. The van der Waals surface area contributed by atoms with Crippen molar-refractivity contribution in [1.82, 2.24) is 5.32 Å². The molecule has 3 N–H and O–H groups in total. The highest BCUT2D eigenvalue weighted by molar-refractivity contribution is 9.10. The molecule has 0 radical (unpaired) electrons. The first-order valence-electron chi connectivity index (χ1n) is 6.00. The van der Waals surface area contributed by atoms with Crippen molar-refractivity contribution in [2.45, 2.75) is 26.3 Å². The van der Waals surface area contributed by atoms with Crippen LogP contribution in [-0.2, 0) is 0 Å². The van der Waals surface area contributed by atoms with E-state index >= 15 is 0 Å². The molecule has 0 aliphatic heterocycles. The molecule has 1 aromatic carbocycles. The van der Waals surface area contributed by atoms with E-state index in [2.05, 4.69) is 21.2 Å². The van der Waals surface area contributed by atoms with Gasteiger partial charge in [-0.25, -0.2) is 8.78 Å². The molecule has 0 aromatic heterocycles. The van der Waals surface area contributed by atoms with Gasteiger partial charge in [0.15, 0.2) is 0 Å². The van der Waals surface area contributed by atoms with Crippen LogP contribution in [0.3, 0.4) is 0 Å². The molecule has 0 bridgehead atoms. The van der Waals surface area contributed by atoms with Crippen LogP contribution in [0.25, 0.3) is 0 Å². The van der Waals surface area contributed by atoms with Crippen LogP contribution >= 0.6 is 15.9 Å². The van der Waals surface area contributed by atoms with E-state index in [9.17, 15) is 13.6 Å². The fraction of sp³-hybridized carbons (Fsp3) is 0.462. The number of carbonyl (C=O) groups excluding carboxylic acids is 1. The van der Waals surface area contributed by atoms with Crippen LogP contribution in [0, 0.1) is 17.6 Å². The largest absolute Gasteiger partial charge is 0.348 e. The number of hydrogen-bond donors (Lipinski definition) is 2. The molecule has 1 amide bonds. The second-order valence-electron chi connectivity index (χ2n) is 4.78. The van der Waals surface area contributed by atoms with E-state index in [0.29, 0.717) is 12.3 Å². The van der Waals surface area contributed by atoms with Crippen molar-refractivity contribution in [2.75, 3.05) is 6.54 Å². The van der Waals surface area contributed by atoms with Crippen LogP contribution in [0.4, 0.5) is 8.78 Å². The van der Waals surface area contributed by atoms with Gasteiger partial charge in [0.1, 0.15) is 17.2 Å². The Balaban J connectivity index is 2.89. The maximum Gasteiger partial charge on any atom is 0.257 e. The van der Waals surface area contributed by atoms with Crippen molar-refractivity contribution < 1.29 is 13.6 Å². The normalized spacial score (nSPS) is 12.6. The van der Waals surface area contributed by atoms with Crippen LogP contribution in [0.2, 0.25) is 0 Å². The molecule has 0 aliphatic carbocycles. The number of nitrogens with two attached hydrogens (primary N) is 1. The van der Waals surface area contributed by atoms with Gasteiger partial charge in [-0.1, -0.05) is 29.8 Å². The average Bonchev–Trinajstić information content (AvgIpc) is 2.25. The third kappa shape index (κ3) is 4.54. The van der Waals surface area contributed by atoms with Crippen LogP contribution in [0.15, 0.2) is 16.6 Å². The van der Waals surface area contributed by atoms with Gasteiger partial charge < -0.3 is 11.1 Å². The first-order chi connectivity index (χ1) is 8.85. The van der Waals surface area contributed by atoms with Crippen molar-refractivity contribution >= 4 is 21.8 Å². The van der Waals surface area contributed by atoms with E-state index in [0.717, 1.165) is 12.1 Å². The lowest BCUT2D eigenvalue weighted by molar-refractivity contribution is 0.0925. The van der Waals surface area contributed by atoms with Crippen LogP contribution in [0.5, 0.6) is 0 Å². The minimum Gasteiger partial charge on any atom is -0.348 e. The minimum atomic E-state index is -0.898. The summed E-state index contributed by atoms with van der Waals surface area (Å²) in [5.74, 6) is -2.25. The van der Waals surface area contributed by atoms with Crippen molar-refractivity contribution in [3.8, 4) is 0 Å². The van der Waals surface area contributed by atoms with Gasteiger partial charge in [-0.15, -0.1) is 0 Å². The Morgan fingerprint density at radius 2 is 1.89 bits per heavy atom. The van der Waals surface area contributed by atoms with E-state index in [1.54, 1.807) is 0 Å². The van der Waals surface area contributed by atoms with Crippen LogP contribution in [0.1, 0.15) is 30.6 Å². The first-order valence-corrected chi connectivity index (χ1v) is 6.80. The molecular formula is C13H17BrF2N2O. The predicted molar refractivity (Wildman–Crippen MR) is 73.8 cm³/mol. The number of benzene rings is 1. The second kappa shape index (κ2) is 6.96. The quantitative estimate of drug-likeness (QED) is 0.869. The number of hydrogen-bond acceptors (Lipinski definition) is 2. The summed E-state index contributed by atoms with van der Waals surface area (Å²) in [7, 11) is 0. The smallest absolute Gasteiger partial charge is 0.257 e. The van der Waals surface area contributed by atoms with Crippen LogP contribution in [-0.4, -0.2) is 18.5 Å². The highest BCUT2D eigenvalue weighted by Crippen LogP contribution is 2.19.